The summed E-state index contributed by atoms with van der Waals surface area (Å²) in [5, 5.41) is 5.06. The van der Waals surface area contributed by atoms with Gasteiger partial charge < -0.3 is 10.6 Å². The molecule has 0 unspecified atom stereocenters. The summed E-state index contributed by atoms with van der Waals surface area (Å²) in [6.07, 6.45) is -4.94. The number of rotatable bonds is 6. The first-order chi connectivity index (χ1) is 19.7. The molecule has 13 heteroatoms. The van der Waals surface area contributed by atoms with Crippen LogP contribution in [0.15, 0.2) is 83.8 Å². The van der Waals surface area contributed by atoms with Crippen LogP contribution in [-0.2, 0) is 21.8 Å². The number of fused-ring (bicyclic) bond motifs is 1. The zero-order valence-electron chi connectivity index (χ0n) is 21.1. The highest BCUT2D eigenvalue weighted by Gasteiger charge is 2.36. The molecule has 0 aliphatic carbocycles. The summed E-state index contributed by atoms with van der Waals surface area (Å²) in [6, 6.07) is 13.5. The average molecular weight is 621 g/mol. The number of carbonyl (C=O) groups excluding carboxylic acids is 2. The summed E-state index contributed by atoms with van der Waals surface area (Å²) in [7, 11) is -3.94. The van der Waals surface area contributed by atoms with Gasteiger partial charge in [0, 0.05) is 33.0 Å². The van der Waals surface area contributed by atoms with Crippen molar-refractivity contribution in [2.24, 2.45) is 0 Å². The third kappa shape index (κ3) is 5.86. The molecule has 4 aromatic carbocycles. The number of hydrogen-bond donors (Lipinski definition) is 2. The second-order valence-corrected chi connectivity index (χ2v) is 11.8. The molecule has 2 amide bonds. The van der Waals surface area contributed by atoms with Crippen LogP contribution in [0.3, 0.4) is 0 Å². The third-order valence-corrected chi connectivity index (χ3v) is 8.56. The summed E-state index contributed by atoms with van der Waals surface area (Å²) in [4.78, 5) is 26.2. The van der Waals surface area contributed by atoms with Crippen molar-refractivity contribution in [2.45, 2.75) is 22.9 Å². The molecule has 42 heavy (non-hydrogen) atoms. The maximum Gasteiger partial charge on any atom is 0.416 e. The highest BCUT2D eigenvalue weighted by Crippen LogP contribution is 2.41. The van der Waals surface area contributed by atoms with Crippen LogP contribution in [0.4, 0.5) is 27.6 Å². The molecule has 1 atom stereocenters. The second-order valence-electron chi connectivity index (χ2n) is 9.43. The SMILES string of the molecule is O=C(Nc1cc(CS(=O)(=O)c2ccccc2)cc2c1[C@H](c1cc(F)ccc1Cl)NC2=O)c1cc(F)cc(C(F)(F)F)c1. The molecule has 0 fully saturated rings. The first kappa shape index (κ1) is 29.2. The fraction of sp³-hybridized carbons (Fsp3) is 0.103. The quantitative estimate of drug-likeness (QED) is 0.235. The largest absolute Gasteiger partial charge is 0.416 e. The molecule has 0 saturated carbocycles. The van der Waals surface area contributed by atoms with E-state index in [1.165, 1.54) is 42.5 Å². The van der Waals surface area contributed by atoms with Crippen LogP contribution in [0.1, 0.15) is 49.0 Å². The molecule has 1 aliphatic heterocycles. The van der Waals surface area contributed by atoms with E-state index in [2.05, 4.69) is 10.6 Å². The Hall–Kier alpha value is -4.29. The lowest BCUT2D eigenvalue weighted by atomic mass is 9.94. The van der Waals surface area contributed by atoms with Crippen LogP contribution >= 0.6 is 11.6 Å². The molecule has 1 heterocycles. The van der Waals surface area contributed by atoms with Crippen LogP contribution in [-0.4, -0.2) is 20.2 Å². The molecule has 0 saturated heterocycles. The fourth-order valence-electron chi connectivity index (χ4n) is 4.66. The Labute approximate surface area is 241 Å². The van der Waals surface area contributed by atoms with Gasteiger partial charge in [-0.1, -0.05) is 29.8 Å². The third-order valence-electron chi connectivity index (χ3n) is 6.51. The number of benzene rings is 4. The van der Waals surface area contributed by atoms with E-state index in [4.69, 9.17) is 11.6 Å². The number of halogens is 6. The molecule has 0 aromatic heterocycles. The van der Waals surface area contributed by atoms with Crippen molar-refractivity contribution in [1.29, 1.82) is 0 Å². The Morgan fingerprint density at radius 1 is 0.929 bits per heavy atom. The van der Waals surface area contributed by atoms with E-state index in [-0.39, 0.29) is 43.9 Å². The molecule has 6 nitrogen and oxygen atoms in total. The predicted octanol–water partition coefficient (Wildman–Crippen LogP) is 6.70. The lowest BCUT2D eigenvalue weighted by Gasteiger charge is -2.19. The number of amides is 2. The minimum atomic E-state index is -4.94. The number of nitrogens with one attached hydrogen (secondary N) is 2. The zero-order valence-corrected chi connectivity index (χ0v) is 22.7. The van der Waals surface area contributed by atoms with E-state index in [1.807, 2.05) is 0 Å². The van der Waals surface area contributed by atoms with Gasteiger partial charge in [-0.25, -0.2) is 17.2 Å². The van der Waals surface area contributed by atoms with Crippen LogP contribution in [0, 0.1) is 11.6 Å². The molecule has 2 N–H and O–H groups in total. The molecule has 5 rings (SSSR count). The molecule has 0 bridgehead atoms. The Bertz CT molecular complexity index is 1850. The molecular weight excluding hydrogens is 603 g/mol. The van der Waals surface area contributed by atoms with E-state index >= 15 is 0 Å². The van der Waals surface area contributed by atoms with Gasteiger partial charge in [0.1, 0.15) is 11.6 Å². The molecule has 216 valence electrons. The molecule has 1 aliphatic rings. The van der Waals surface area contributed by atoms with Gasteiger partial charge in [0.25, 0.3) is 11.8 Å². The van der Waals surface area contributed by atoms with Crippen LogP contribution in [0.2, 0.25) is 5.02 Å². The van der Waals surface area contributed by atoms with Gasteiger partial charge in [-0.3, -0.25) is 9.59 Å². The average Bonchev–Trinajstić information content (AvgIpc) is 3.25. The standard InChI is InChI=1S/C29H18ClF5N2O4S/c30-23-7-6-18(31)13-21(23)26-25-22(28(39)37-26)8-15(14-42(40,41)20-4-2-1-3-5-20)9-24(25)36-27(38)16-10-17(29(33,34)35)12-19(32)11-16/h1-13,26H,14H2,(H,36,38)(H,37,39)/t26-/m0/s1. The van der Waals surface area contributed by atoms with Crippen molar-refractivity contribution in [2.75, 3.05) is 5.32 Å². The number of sulfone groups is 1. The predicted molar refractivity (Wildman–Crippen MR) is 144 cm³/mol. The molecule has 0 spiro atoms. The normalized spacial score (nSPS) is 14.8. The van der Waals surface area contributed by atoms with Crippen molar-refractivity contribution >= 4 is 38.9 Å². The minimum absolute atomic E-state index is 0.00982. The van der Waals surface area contributed by atoms with Crippen LogP contribution in [0.5, 0.6) is 0 Å². The lowest BCUT2D eigenvalue weighted by molar-refractivity contribution is -0.137. The monoisotopic (exact) mass is 620 g/mol. The minimum Gasteiger partial charge on any atom is -0.341 e. The van der Waals surface area contributed by atoms with Gasteiger partial charge in [0.2, 0.25) is 0 Å². The Morgan fingerprint density at radius 3 is 2.33 bits per heavy atom. The van der Waals surface area contributed by atoms with Crippen molar-refractivity contribution in [3.8, 4) is 0 Å². The Kier molecular flexibility index (Phi) is 7.54. The van der Waals surface area contributed by atoms with Gasteiger partial charge in [0.05, 0.1) is 22.3 Å². The number of hydrogen-bond acceptors (Lipinski definition) is 4. The first-order valence-electron chi connectivity index (χ1n) is 12.1. The maximum absolute atomic E-state index is 14.2. The number of carbonyl (C=O) groups is 2. The van der Waals surface area contributed by atoms with Gasteiger partial charge in [-0.2, -0.15) is 13.2 Å². The van der Waals surface area contributed by atoms with E-state index in [0.717, 1.165) is 12.1 Å². The lowest BCUT2D eigenvalue weighted by Crippen LogP contribution is -2.21. The van der Waals surface area contributed by atoms with Crippen molar-refractivity contribution in [3.63, 3.8) is 0 Å². The Balaban J connectivity index is 1.63. The number of anilines is 1. The summed E-state index contributed by atoms with van der Waals surface area (Å²) in [5.41, 5.74) is -2.10. The second kappa shape index (κ2) is 10.8. The van der Waals surface area contributed by atoms with Crippen molar-refractivity contribution in [3.05, 3.63) is 129 Å². The maximum atomic E-state index is 14.2. The van der Waals surface area contributed by atoms with E-state index in [0.29, 0.717) is 12.1 Å². The molecular formula is C29H18ClF5N2O4S. The zero-order chi connectivity index (χ0) is 30.4. The highest BCUT2D eigenvalue weighted by atomic mass is 35.5. The smallest absolute Gasteiger partial charge is 0.341 e. The van der Waals surface area contributed by atoms with Crippen molar-refractivity contribution < 1.29 is 40.0 Å². The van der Waals surface area contributed by atoms with Crippen molar-refractivity contribution in [1.82, 2.24) is 5.32 Å². The summed E-state index contributed by atoms with van der Waals surface area (Å²) >= 11 is 6.28. The van der Waals surface area contributed by atoms with E-state index in [9.17, 15) is 40.0 Å². The molecule has 0 radical (unpaired) electrons. The fourth-order valence-corrected chi connectivity index (χ4v) is 6.23. The van der Waals surface area contributed by atoms with Crippen LogP contribution < -0.4 is 10.6 Å². The summed E-state index contributed by atoms with van der Waals surface area (Å²) in [6.45, 7) is 0. The van der Waals surface area contributed by atoms with Gasteiger partial charge in [-0.15, -0.1) is 0 Å². The van der Waals surface area contributed by atoms with E-state index in [1.54, 1.807) is 6.07 Å². The molecule has 4 aromatic rings. The number of alkyl halides is 3. The first-order valence-corrected chi connectivity index (χ1v) is 14.2. The topological polar surface area (TPSA) is 92.3 Å². The summed E-state index contributed by atoms with van der Waals surface area (Å²) < 4.78 is 94.2. The van der Waals surface area contributed by atoms with E-state index < -0.39 is 62.4 Å². The highest BCUT2D eigenvalue weighted by molar-refractivity contribution is 7.90. The van der Waals surface area contributed by atoms with Crippen LogP contribution in [0.25, 0.3) is 0 Å². The van der Waals surface area contributed by atoms with Gasteiger partial charge >= 0.3 is 6.18 Å². The Morgan fingerprint density at radius 2 is 1.64 bits per heavy atom. The van der Waals surface area contributed by atoms with Gasteiger partial charge in [-0.05, 0) is 66.2 Å². The van der Waals surface area contributed by atoms with Gasteiger partial charge in [0.15, 0.2) is 9.84 Å². The summed E-state index contributed by atoms with van der Waals surface area (Å²) in [5.74, 6) is -4.48.